The van der Waals surface area contributed by atoms with Crippen LogP contribution in [-0.2, 0) is 4.74 Å². The smallest absolute Gasteiger partial charge is 0.273 e. The fourth-order valence-corrected chi connectivity index (χ4v) is 2.75. The summed E-state index contributed by atoms with van der Waals surface area (Å²) in [7, 11) is 0. The van der Waals surface area contributed by atoms with Gasteiger partial charge in [0.25, 0.3) is 5.91 Å². The van der Waals surface area contributed by atoms with Gasteiger partial charge in [-0.15, -0.1) is 11.3 Å². The number of carbonyl (C=O) groups is 1. The summed E-state index contributed by atoms with van der Waals surface area (Å²) < 4.78 is 5.40. The number of amides is 1. The molecule has 0 spiro atoms. The Bertz CT molecular complexity index is 419. The zero-order valence-electron chi connectivity index (χ0n) is 10.8. The Morgan fingerprint density at radius 2 is 2.56 bits per heavy atom. The first-order chi connectivity index (χ1) is 8.63. The summed E-state index contributed by atoms with van der Waals surface area (Å²) >= 11 is 1.44. The van der Waals surface area contributed by atoms with Crippen molar-refractivity contribution >= 4 is 17.2 Å². The summed E-state index contributed by atoms with van der Waals surface area (Å²) in [4.78, 5) is 18.6. The van der Waals surface area contributed by atoms with Gasteiger partial charge in [-0.3, -0.25) is 4.79 Å². The Balaban J connectivity index is 2.13. The molecule has 6 heteroatoms. The molecule has 18 heavy (non-hydrogen) atoms. The molecule has 1 aromatic rings. The van der Waals surface area contributed by atoms with E-state index in [0.29, 0.717) is 25.5 Å². The van der Waals surface area contributed by atoms with Crippen molar-refractivity contribution in [3.05, 3.63) is 16.1 Å². The molecule has 1 saturated heterocycles. The maximum atomic E-state index is 12.4. The van der Waals surface area contributed by atoms with Crippen molar-refractivity contribution in [2.24, 2.45) is 5.73 Å². The van der Waals surface area contributed by atoms with E-state index in [1.54, 1.807) is 5.38 Å². The molecule has 2 atom stereocenters. The van der Waals surface area contributed by atoms with Gasteiger partial charge in [-0.05, 0) is 13.3 Å². The zero-order valence-corrected chi connectivity index (χ0v) is 11.6. The quantitative estimate of drug-likeness (QED) is 0.901. The number of aromatic nitrogens is 1. The number of nitrogens with two attached hydrogens (primary N) is 1. The highest BCUT2D eigenvalue weighted by Crippen LogP contribution is 2.19. The van der Waals surface area contributed by atoms with Crippen molar-refractivity contribution in [3.63, 3.8) is 0 Å². The van der Waals surface area contributed by atoms with Gasteiger partial charge in [-0.2, -0.15) is 0 Å². The van der Waals surface area contributed by atoms with Crippen LogP contribution in [0.5, 0.6) is 0 Å². The number of nitrogens with zero attached hydrogens (tertiary/aromatic N) is 2. The maximum Gasteiger partial charge on any atom is 0.273 e. The lowest BCUT2D eigenvalue weighted by Crippen LogP contribution is -2.48. The first kappa shape index (κ1) is 13.5. The molecule has 0 bridgehead atoms. The standard InChI is InChI=1S/C12H19N3O2S/c1-3-9-6-17-5-4-15(9)12(16)10-7-18-11(14-10)8(2)13/h7-9H,3-6,13H2,1-2H3. The van der Waals surface area contributed by atoms with E-state index < -0.39 is 0 Å². The van der Waals surface area contributed by atoms with E-state index in [2.05, 4.69) is 11.9 Å². The molecule has 2 N–H and O–H groups in total. The number of thiazole rings is 1. The van der Waals surface area contributed by atoms with Crippen LogP contribution >= 0.6 is 11.3 Å². The highest BCUT2D eigenvalue weighted by Gasteiger charge is 2.28. The fourth-order valence-electron chi connectivity index (χ4n) is 2.00. The van der Waals surface area contributed by atoms with Crippen LogP contribution in [-0.4, -0.2) is 41.6 Å². The van der Waals surface area contributed by atoms with Gasteiger partial charge in [0.15, 0.2) is 0 Å². The summed E-state index contributed by atoms with van der Waals surface area (Å²) in [6, 6.07) is 0.0370. The molecular formula is C12H19N3O2S. The minimum atomic E-state index is -0.122. The van der Waals surface area contributed by atoms with Crippen molar-refractivity contribution in [1.82, 2.24) is 9.88 Å². The molecule has 1 aliphatic heterocycles. The van der Waals surface area contributed by atoms with Crippen LogP contribution in [0.4, 0.5) is 0 Å². The van der Waals surface area contributed by atoms with Crippen LogP contribution in [0, 0.1) is 0 Å². The van der Waals surface area contributed by atoms with Crippen LogP contribution in [0.2, 0.25) is 0 Å². The average Bonchev–Trinajstić information content (AvgIpc) is 2.87. The molecule has 0 aromatic carbocycles. The van der Waals surface area contributed by atoms with Gasteiger partial charge in [0, 0.05) is 11.9 Å². The van der Waals surface area contributed by atoms with E-state index in [1.807, 2.05) is 11.8 Å². The number of carbonyl (C=O) groups excluding carboxylic acids is 1. The minimum Gasteiger partial charge on any atom is -0.377 e. The SMILES string of the molecule is CCC1COCCN1C(=O)c1csc(C(C)N)n1. The molecule has 0 saturated carbocycles. The number of ether oxygens (including phenoxy) is 1. The minimum absolute atomic E-state index is 0.00620. The summed E-state index contributed by atoms with van der Waals surface area (Å²) in [6.45, 7) is 5.80. The average molecular weight is 269 g/mol. The Hall–Kier alpha value is -0.980. The molecule has 1 fully saturated rings. The van der Waals surface area contributed by atoms with Gasteiger partial charge in [0.05, 0.1) is 25.3 Å². The van der Waals surface area contributed by atoms with Crippen molar-refractivity contribution in [3.8, 4) is 0 Å². The number of rotatable bonds is 3. The second kappa shape index (κ2) is 5.77. The molecule has 0 aliphatic carbocycles. The van der Waals surface area contributed by atoms with Crippen molar-refractivity contribution in [2.75, 3.05) is 19.8 Å². The van der Waals surface area contributed by atoms with Crippen LogP contribution < -0.4 is 5.73 Å². The predicted octanol–water partition coefficient (Wildman–Crippen LogP) is 1.41. The summed E-state index contributed by atoms with van der Waals surface area (Å²) in [6.07, 6.45) is 0.899. The Morgan fingerprint density at radius 1 is 1.78 bits per heavy atom. The third-order valence-corrected chi connectivity index (χ3v) is 4.14. The van der Waals surface area contributed by atoms with Crippen molar-refractivity contribution < 1.29 is 9.53 Å². The number of hydrogen-bond acceptors (Lipinski definition) is 5. The van der Waals surface area contributed by atoms with Gasteiger partial charge >= 0.3 is 0 Å². The molecule has 2 unspecified atom stereocenters. The monoisotopic (exact) mass is 269 g/mol. The fraction of sp³-hybridized carbons (Fsp3) is 0.667. The van der Waals surface area contributed by atoms with Gasteiger partial charge in [0.1, 0.15) is 10.7 Å². The zero-order chi connectivity index (χ0) is 13.1. The first-order valence-corrected chi connectivity index (χ1v) is 7.11. The molecular weight excluding hydrogens is 250 g/mol. The second-order valence-corrected chi connectivity index (χ2v) is 5.38. The summed E-state index contributed by atoms with van der Waals surface area (Å²) in [5.41, 5.74) is 6.27. The van der Waals surface area contributed by atoms with E-state index >= 15 is 0 Å². The number of hydrogen-bond donors (Lipinski definition) is 1. The molecule has 5 nitrogen and oxygen atoms in total. The lowest BCUT2D eigenvalue weighted by atomic mass is 10.1. The lowest BCUT2D eigenvalue weighted by Gasteiger charge is -2.34. The van der Waals surface area contributed by atoms with Crippen LogP contribution in [0.25, 0.3) is 0 Å². The molecule has 100 valence electrons. The van der Waals surface area contributed by atoms with E-state index in [9.17, 15) is 4.79 Å². The molecule has 1 aromatic heterocycles. The predicted molar refractivity (Wildman–Crippen MR) is 70.7 cm³/mol. The molecule has 1 aliphatic rings. The Kier molecular flexibility index (Phi) is 4.31. The maximum absolute atomic E-state index is 12.4. The third-order valence-electron chi connectivity index (χ3n) is 3.09. The largest absolute Gasteiger partial charge is 0.377 e. The summed E-state index contributed by atoms with van der Waals surface area (Å²) in [5, 5.41) is 2.60. The van der Waals surface area contributed by atoms with Gasteiger partial charge in [-0.1, -0.05) is 6.92 Å². The van der Waals surface area contributed by atoms with E-state index in [1.165, 1.54) is 11.3 Å². The highest BCUT2D eigenvalue weighted by molar-refractivity contribution is 7.09. The molecule has 1 amide bonds. The normalized spacial score (nSPS) is 21.9. The molecule has 2 rings (SSSR count). The van der Waals surface area contributed by atoms with Crippen molar-refractivity contribution in [1.29, 1.82) is 0 Å². The second-order valence-electron chi connectivity index (χ2n) is 4.50. The lowest BCUT2D eigenvalue weighted by molar-refractivity contribution is -0.00307. The highest BCUT2D eigenvalue weighted by atomic mass is 32.1. The van der Waals surface area contributed by atoms with Crippen LogP contribution in [0.1, 0.15) is 41.8 Å². The van der Waals surface area contributed by atoms with E-state index in [4.69, 9.17) is 10.5 Å². The van der Waals surface area contributed by atoms with E-state index in [-0.39, 0.29) is 18.0 Å². The Morgan fingerprint density at radius 3 is 3.17 bits per heavy atom. The van der Waals surface area contributed by atoms with E-state index in [0.717, 1.165) is 11.4 Å². The van der Waals surface area contributed by atoms with Crippen molar-refractivity contribution in [2.45, 2.75) is 32.4 Å². The van der Waals surface area contributed by atoms with Gasteiger partial charge in [0.2, 0.25) is 0 Å². The van der Waals surface area contributed by atoms with Crippen LogP contribution in [0.3, 0.4) is 0 Å². The summed E-state index contributed by atoms with van der Waals surface area (Å²) in [5.74, 6) is -0.00620. The van der Waals surface area contributed by atoms with Gasteiger partial charge < -0.3 is 15.4 Å². The third kappa shape index (κ3) is 2.71. The Labute approximate surface area is 111 Å². The topological polar surface area (TPSA) is 68.5 Å². The first-order valence-electron chi connectivity index (χ1n) is 6.23. The number of morpholine rings is 1. The van der Waals surface area contributed by atoms with Gasteiger partial charge in [-0.25, -0.2) is 4.98 Å². The van der Waals surface area contributed by atoms with Crippen LogP contribution in [0.15, 0.2) is 5.38 Å². The molecule has 2 heterocycles. The molecule has 0 radical (unpaired) electrons.